The topological polar surface area (TPSA) is 38.2 Å². The lowest BCUT2D eigenvalue weighted by Crippen LogP contribution is -2.30. The van der Waals surface area contributed by atoms with Crippen LogP contribution >= 0.6 is 11.6 Å². The first kappa shape index (κ1) is 13.0. The molecule has 0 aliphatic carbocycles. The molecule has 0 radical (unpaired) electrons. The molecule has 2 aromatic rings. The van der Waals surface area contributed by atoms with Crippen LogP contribution in [0.2, 0.25) is 5.28 Å². The molecule has 1 aliphatic heterocycles. The first-order valence-corrected chi connectivity index (χ1v) is 6.01. The monoisotopic (exact) mass is 301 g/mol. The van der Waals surface area contributed by atoms with Crippen molar-refractivity contribution in [3.05, 3.63) is 41.1 Å². The molecule has 1 aromatic heterocycles. The molecule has 104 valence electrons. The third-order valence-electron chi connectivity index (χ3n) is 2.82. The number of nitrogens with zero attached hydrogens (tertiary/aromatic N) is 3. The molecule has 0 N–H and O–H groups in total. The van der Waals surface area contributed by atoms with Gasteiger partial charge in [0.15, 0.2) is 29.0 Å². The zero-order chi connectivity index (χ0) is 14.3. The molecule has 1 aliphatic rings. The van der Waals surface area contributed by atoms with Gasteiger partial charge in [-0.1, -0.05) is 0 Å². The van der Waals surface area contributed by atoms with Crippen LogP contribution in [0.15, 0.2) is 18.3 Å². The molecule has 0 saturated carbocycles. The Labute approximate surface area is 116 Å². The fourth-order valence-corrected chi connectivity index (χ4v) is 2.07. The van der Waals surface area contributed by atoms with Gasteiger partial charge in [-0.2, -0.15) is 4.98 Å². The molecule has 0 spiro atoms. The first-order chi connectivity index (χ1) is 9.56. The van der Waals surface area contributed by atoms with Crippen molar-refractivity contribution in [1.82, 2.24) is 9.97 Å². The van der Waals surface area contributed by atoms with Gasteiger partial charge >= 0.3 is 0 Å². The van der Waals surface area contributed by atoms with Gasteiger partial charge in [-0.05, 0) is 11.6 Å². The van der Waals surface area contributed by atoms with Crippen LogP contribution in [0.1, 0.15) is 0 Å². The van der Waals surface area contributed by atoms with E-state index in [1.165, 1.54) is 11.1 Å². The van der Waals surface area contributed by atoms with Crippen LogP contribution in [0, 0.1) is 17.5 Å². The Hall–Kier alpha value is -2.02. The highest BCUT2D eigenvalue weighted by Crippen LogP contribution is 2.35. The van der Waals surface area contributed by atoms with E-state index in [-0.39, 0.29) is 23.4 Å². The third kappa shape index (κ3) is 2.14. The van der Waals surface area contributed by atoms with E-state index in [2.05, 4.69) is 9.97 Å². The molecule has 8 heteroatoms. The van der Waals surface area contributed by atoms with Crippen molar-refractivity contribution in [3.63, 3.8) is 0 Å². The number of hydrogen-bond acceptors (Lipinski definition) is 4. The summed E-state index contributed by atoms with van der Waals surface area (Å²) in [5.74, 6) is -3.43. The van der Waals surface area contributed by atoms with Gasteiger partial charge in [0.25, 0.3) is 0 Å². The van der Waals surface area contributed by atoms with E-state index in [9.17, 15) is 13.2 Å². The van der Waals surface area contributed by atoms with Gasteiger partial charge in [0.2, 0.25) is 5.28 Å². The maximum absolute atomic E-state index is 13.3. The van der Waals surface area contributed by atoms with Gasteiger partial charge < -0.3 is 9.64 Å². The molecule has 4 nitrogen and oxygen atoms in total. The quantitative estimate of drug-likeness (QED) is 0.599. The molecule has 0 saturated heterocycles. The summed E-state index contributed by atoms with van der Waals surface area (Å²) in [6.45, 7) is 0.573. The standard InChI is InChI=1S/C12H7ClF3N3O/c13-12-17-5-9-11(18-12)19(1-2-20-9)6-3-7(14)10(16)8(15)4-6/h3-5H,1-2H2. The summed E-state index contributed by atoms with van der Waals surface area (Å²) in [5, 5.41) is -0.0256. The maximum atomic E-state index is 13.3. The van der Waals surface area contributed by atoms with Crippen LogP contribution in [0.5, 0.6) is 5.75 Å². The Morgan fingerprint density at radius 2 is 1.90 bits per heavy atom. The van der Waals surface area contributed by atoms with Crippen molar-refractivity contribution in [2.45, 2.75) is 0 Å². The second-order valence-corrected chi connectivity index (χ2v) is 4.39. The highest BCUT2D eigenvalue weighted by molar-refractivity contribution is 6.28. The largest absolute Gasteiger partial charge is 0.486 e. The van der Waals surface area contributed by atoms with Crippen molar-refractivity contribution in [3.8, 4) is 5.75 Å². The fourth-order valence-electron chi connectivity index (χ4n) is 1.94. The number of halogens is 4. The van der Waals surface area contributed by atoms with Gasteiger partial charge in [0, 0.05) is 17.8 Å². The second-order valence-electron chi connectivity index (χ2n) is 4.05. The van der Waals surface area contributed by atoms with Crippen molar-refractivity contribution in [1.29, 1.82) is 0 Å². The van der Waals surface area contributed by atoms with E-state index in [1.54, 1.807) is 0 Å². The molecular formula is C12H7ClF3N3O. The van der Waals surface area contributed by atoms with E-state index < -0.39 is 17.5 Å². The number of aromatic nitrogens is 2. The summed E-state index contributed by atoms with van der Waals surface area (Å²) in [6.07, 6.45) is 1.37. The van der Waals surface area contributed by atoms with Gasteiger partial charge in [0.1, 0.15) is 6.61 Å². The van der Waals surface area contributed by atoms with Crippen LogP contribution in [0.25, 0.3) is 0 Å². The smallest absolute Gasteiger partial charge is 0.224 e. The Morgan fingerprint density at radius 3 is 2.60 bits per heavy atom. The number of ether oxygens (including phenoxy) is 1. The third-order valence-corrected chi connectivity index (χ3v) is 3.00. The first-order valence-electron chi connectivity index (χ1n) is 5.63. The lowest BCUT2D eigenvalue weighted by Gasteiger charge is -2.29. The van der Waals surface area contributed by atoms with E-state index in [4.69, 9.17) is 16.3 Å². The van der Waals surface area contributed by atoms with E-state index >= 15 is 0 Å². The molecule has 0 fully saturated rings. The van der Waals surface area contributed by atoms with Gasteiger partial charge in [-0.3, -0.25) is 0 Å². The second kappa shape index (κ2) is 4.82. The van der Waals surface area contributed by atoms with Crippen molar-refractivity contribution in [2.75, 3.05) is 18.1 Å². The highest BCUT2D eigenvalue weighted by atomic mass is 35.5. The molecule has 0 amide bonds. The summed E-state index contributed by atoms with van der Waals surface area (Å²) in [6, 6.07) is 1.78. The van der Waals surface area contributed by atoms with Gasteiger partial charge in [-0.25, -0.2) is 18.2 Å². The van der Waals surface area contributed by atoms with Crippen molar-refractivity contribution >= 4 is 23.1 Å². The lowest BCUT2D eigenvalue weighted by molar-refractivity contribution is 0.310. The number of fused-ring (bicyclic) bond motifs is 1. The van der Waals surface area contributed by atoms with Crippen LogP contribution in [0.3, 0.4) is 0 Å². The van der Waals surface area contributed by atoms with E-state index in [0.29, 0.717) is 12.3 Å². The number of hydrogen-bond donors (Lipinski definition) is 0. The average molecular weight is 302 g/mol. The van der Waals surface area contributed by atoms with E-state index in [1.807, 2.05) is 0 Å². The summed E-state index contributed by atoms with van der Waals surface area (Å²) >= 11 is 5.70. The normalized spacial score (nSPS) is 13.9. The predicted molar refractivity (Wildman–Crippen MR) is 65.9 cm³/mol. The minimum atomic E-state index is -1.51. The lowest BCUT2D eigenvalue weighted by atomic mass is 10.2. The zero-order valence-electron chi connectivity index (χ0n) is 9.91. The van der Waals surface area contributed by atoms with Crippen molar-refractivity contribution < 1.29 is 17.9 Å². The zero-order valence-corrected chi connectivity index (χ0v) is 10.7. The van der Waals surface area contributed by atoms with Crippen LogP contribution in [-0.4, -0.2) is 23.1 Å². The molecule has 20 heavy (non-hydrogen) atoms. The summed E-state index contributed by atoms with van der Waals surface area (Å²) in [5.41, 5.74) is 0.126. The Kier molecular flexibility index (Phi) is 3.13. The fraction of sp³-hybridized carbons (Fsp3) is 0.167. The SMILES string of the molecule is Fc1cc(N2CCOc3cnc(Cl)nc32)cc(F)c1F. The number of rotatable bonds is 1. The summed E-state index contributed by atoms with van der Waals surface area (Å²) in [4.78, 5) is 9.22. The van der Waals surface area contributed by atoms with Crippen molar-refractivity contribution in [2.24, 2.45) is 0 Å². The maximum Gasteiger partial charge on any atom is 0.224 e. The van der Waals surface area contributed by atoms with Gasteiger partial charge in [0.05, 0.1) is 12.7 Å². The number of anilines is 2. The molecule has 0 unspecified atom stereocenters. The van der Waals surface area contributed by atoms with E-state index in [0.717, 1.165) is 12.1 Å². The minimum Gasteiger partial charge on any atom is -0.486 e. The molecule has 1 aromatic carbocycles. The van der Waals surface area contributed by atoms with Gasteiger partial charge in [-0.15, -0.1) is 0 Å². The molecule has 0 atom stereocenters. The Balaban J connectivity index is 2.11. The molecule has 0 bridgehead atoms. The summed E-state index contributed by atoms with van der Waals surface area (Å²) < 4.78 is 45.0. The molecule has 3 rings (SSSR count). The highest BCUT2D eigenvalue weighted by Gasteiger charge is 2.24. The summed E-state index contributed by atoms with van der Waals surface area (Å²) in [7, 11) is 0. The molecular weight excluding hydrogens is 295 g/mol. The predicted octanol–water partition coefficient (Wildman–Crippen LogP) is 3.08. The average Bonchev–Trinajstić information content (AvgIpc) is 2.43. The van der Waals surface area contributed by atoms with Crippen LogP contribution in [-0.2, 0) is 0 Å². The minimum absolute atomic E-state index is 0.0256. The Morgan fingerprint density at radius 1 is 1.20 bits per heavy atom. The Bertz CT molecular complexity index is 660. The molecule has 2 heterocycles. The number of benzene rings is 1. The van der Waals surface area contributed by atoms with Crippen LogP contribution in [0.4, 0.5) is 24.7 Å². The van der Waals surface area contributed by atoms with Crippen LogP contribution < -0.4 is 9.64 Å².